The maximum atomic E-state index is 12.7. The molecule has 2 aliphatic heterocycles. The van der Waals surface area contributed by atoms with E-state index in [9.17, 15) is 4.79 Å². The number of piperazine rings is 1. The van der Waals surface area contributed by atoms with Crippen LogP contribution in [0.2, 0.25) is 5.02 Å². The first kappa shape index (κ1) is 18.9. The lowest BCUT2D eigenvalue weighted by atomic mass is 10.1. The maximum Gasteiger partial charge on any atom is 0.263 e. The third kappa shape index (κ3) is 4.18. The Morgan fingerprint density at radius 1 is 1.11 bits per heavy atom. The zero-order valence-electron chi connectivity index (χ0n) is 15.8. The monoisotopic (exact) mass is 402 g/mol. The molecule has 7 heteroatoms. The molecule has 0 N–H and O–H groups in total. The third-order valence-corrected chi connectivity index (χ3v) is 5.33. The number of ether oxygens (including phenoxy) is 3. The van der Waals surface area contributed by atoms with Crippen LogP contribution >= 0.6 is 11.6 Å². The molecule has 1 atom stereocenters. The van der Waals surface area contributed by atoms with Crippen LogP contribution in [-0.2, 0) is 11.3 Å². The van der Waals surface area contributed by atoms with Gasteiger partial charge >= 0.3 is 0 Å². The highest BCUT2D eigenvalue weighted by Crippen LogP contribution is 2.33. The van der Waals surface area contributed by atoms with Gasteiger partial charge in [-0.05, 0) is 36.8 Å². The van der Waals surface area contributed by atoms with Gasteiger partial charge in [0.05, 0.1) is 5.02 Å². The van der Waals surface area contributed by atoms with E-state index in [0.717, 1.165) is 31.1 Å². The smallest absolute Gasteiger partial charge is 0.263 e. The highest BCUT2D eigenvalue weighted by Gasteiger charge is 2.26. The number of benzene rings is 2. The number of para-hydroxylation sites is 1. The Morgan fingerprint density at radius 2 is 1.86 bits per heavy atom. The van der Waals surface area contributed by atoms with Crippen molar-refractivity contribution < 1.29 is 19.0 Å². The van der Waals surface area contributed by atoms with Gasteiger partial charge in [-0.1, -0.05) is 29.8 Å². The highest BCUT2D eigenvalue weighted by molar-refractivity contribution is 6.32. The summed E-state index contributed by atoms with van der Waals surface area (Å²) in [6.07, 6.45) is -0.569. The van der Waals surface area contributed by atoms with Gasteiger partial charge in [0.15, 0.2) is 17.6 Å². The zero-order valence-corrected chi connectivity index (χ0v) is 16.5. The Hall–Kier alpha value is -2.44. The first-order chi connectivity index (χ1) is 13.6. The molecule has 0 saturated carbocycles. The third-order valence-electron chi connectivity index (χ3n) is 5.02. The van der Waals surface area contributed by atoms with Crippen LogP contribution in [0.3, 0.4) is 0 Å². The molecule has 1 amide bonds. The Labute approximate surface area is 169 Å². The van der Waals surface area contributed by atoms with Gasteiger partial charge in [-0.2, -0.15) is 0 Å². The van der Waals surface area contributed by atoms with Gasteiger partial charge in [0.2, 0.25) is 6.79 Å². The lowest BCUT2D eigenvalue weighted by Crippen LogP contribution is -2.51. The number of amides is 1. The molecule has 28 heavy (non-hydrogen) atoms. The molecule has 6 nitrogen and oxygen atoms in total. The minimum absolute atomic E-state index is 0.0114. The van der Waals surface area contributed by atoms with Gasteiger partial charge in [0.1, 0.15) is 5.75 Å². The van der Waals surface area contributed by atoms with E-state index in [0.29, 0.717) is 23.9 Å². The first-order valence-electron chi connectivity index (χ1n) is 9.41. The summed E-state index contributed by atoms with van der Waals surface area (Å²) < 4.78 is 16.6. The minimum atomic E-state index is -0.569. The Bertz CT molecular complexity index is 852. The fourth-order valence-corrected chi connectivity index (χ4v) is 3.64. The number of rotatable bonds is 5. The quantitative estimate of drug-likeness (QED) is 0.768. The topological polar surface area (TPSA) is 51.2 Å². The van der Waals surface area contributed by atoms with Crippen molar-refractivity contribution >= 4 is 17.5 Å². The van der Waals surface area contributed by atoms with Crippen LogP contribution in [0.25, 0.3) is 0 Å². The van der Waals surface area contributed by atoms with Gasteiger partial charge in [0.25, 0.3) is 5.91 Å². The lowest BCUT2D eigenvalue weighted by Gasteiger charge is -2.36. The van der Waals surface area contributed by atoms with Crippen molar-refractivity contribution in [2.75, 3.05) is 33.0 Å². The molecule has 4 rings (SSSR count). The summed E-state index contributed by atoms with van der Waals surface area (Å²) in [4.78, 5) is 16.9. The Kier molecular flexibility index (Phi) is 5.59. The second-order valence-electron chi connectivity index (χ2n) is 6.98. The second kappa shape index (κ2) is 8.29. The largest absolute Gasteiger partial charge is 0.479 e. The standard InChI is InChI=1S/C21H23ClN2O4/c1-15(28-18-5-3-2-4-17(18)22)21(25)24-10-8-23(9-11-24)13-16-6-7-19-20(12-16)27-14-26-19/h2-7,12,15H,8-11,13-14H2,1H3. The first-order valence-corrected chi connectivity index (χ1v) is 9.79. The number of halogens is 1. The van der Waals surface area contributed by atoms with Gasteiger partial charge in [0, 0.05) is 32.7 Å². The minimum Gasteiger partial charge on any atom is -0.479 e. The van der Waals surface area contributed by atoms with E-state index < -0.39 is 6.10 Å². The number of carbonyl (C=O) groups is 1. The van der Waals surface area contributed by atoms with Gasteiger partial charge in [-0.3, -0.25) is 9.69 Å². The van der Waals surface area contributed by atoms with Gasteiger partial charge < -0.3 is 19.1 Å². The van der Waals surface area contributed by atoms with Crippen LogP contribution in [-0.4, -0.2) is 54.8 Å². The Morgan fingerprint density at radius 3 is 2.64 bits per heavy atom. The second-order valence-corrected chi connectivity index (χ2v) is 7.39. The van der Waals surface area contributed by atoms with E-state index in [1.165, 1.54) is 5.56 Å². The van der Waals surface area contributed by atoms with Crippen molar-refractivity contribution in [3.8, 4) is 17.2 Å². The number of hydrogen-bond acceptors (Lipinski definition) is 5. The summed E-state index contributed by atoms with van der Waals surface area (Å²) in [5.74, 6) is 2.12. The van der Waals surface area contributed by atoms with Crippen LogP contribution < -0.4 is 14.2 Å². The molecule has 148 valence electrons. The average molecular weight is 403 g/mol. The molecule has 0 bridgehead atoms. The van der Waals surface area contributed by atoms with Crippen LogP contribution in [0.5, 0.6) is 17.2 Å². The van der Waals surface area contributed by atoms with Crippen LogP contribution in [0.15, 0.2) is 42.5 Å². The van der Waals surface area contributed by atoms with Crippen LogP contribution in [0, 0.1) is 0 Å². The normalized spacial score (nSPS) is 17.4. The molecule has 2 aromatic carbocycles. The van der Waals surface area contributed by atoms with Crippen LogP contribution in [0.1, 0.15) is 12.5 Å². The molecular formula is C21H23ClN2O4. The van der Waals surface area contributed by atoms with E-state index in [-0.39, 0.29) is 12.7 Å². The van der Waals surface area contributed by atoms with Gasteiger partial charge in [-0.25, -0.2) is 0 Å². The molecule has 2 aromatic rings. The van der Waals surface area contributed by atoms with Crippen molar-refractivity contribution in [1.82, 2.24) is 9.80 Å². The number of carbonyl (C=O) groups excluding carboxylic acids is 1. The molecule has 0 aliphatic carbocycles. The molecule has 1 unspecified atom stereocenters. The zero-order chi connectivity index (χ0) is 19.5. The van der Waals surface area contributed by atoms with Crippen molar-refractivity contribution in [3.05, 3.63) is 53.1 Å². The maximum absolute atomic E-state index is 12.7. The summed E-state index contributed by atoms with van der Waals surface area (Å²) in [6.45, 7) is 5.88. The molecule has 1 fully saturated rings. The fourth-order valence-electron chi connectivity index (χ4n) is 3.46. The summed E-state index contributed by atoms with van der Waals surface area (Å²) >= 11 is 6.12. The predicted octanol–water partition coefficient (Wildman–Crippen LogP) is 3.18. The molecule has 0 radical (unpaired) electrons. The van der Waals surface area contributed by atoms with E-state index >= 15 is 0 Å². The molecule has 2 aliphatic rings. The summed E-state index contributed by atoms with van der Waals surface area (Å²) in [7, 11) is 0. The average Bonchev–Trinajstić information content (AvgIpc) is 3.17. The molecule has 1 saturated heterocycles. The fraction of sp³-hybridized carbons (Fsp3) is 0.381. The molecular weight excluding hydrogens is 380 g/mol. The lowest BCUT2D eigenvalue weighted by molar-refractivity contribution is -0.139. The van der Waals surface area contributed by atoms with Crippen LogP contribution in [0.4, 0.5) is 0 Å². The van der Waals surface area contributed by atoms with E-state index in [2.05, 4.69) is 11.0 Å². The summed E-state index contributed by atoms with van der Waals surface area (Å²) in [5, 5.41) is 0.510. The van der Waals surface area contributed by atoms with Crippen molar-refractivity contribution in [3.63, 3.8) is 0 Å². The van der Waals surface area contributed by atoms with Crippen molar-refractivity contribution in [1.29, 1.82) is 0 Å². The van der Waals surface area contributed by atoms with E-state index in [1.807, 2.05) is 29.2 Å². The number of nitrogens with zero attached hydrogens (tertiary/aromatic N) is 2. The SMILES string of the molecule is CC(Oc1ccccc1Cl)C(=O)N1CCN(Cc2ccc3c(c2)OCO3)CC1. The van der Waals surface area contributed by atoms with Crippen molar-refractivity contribution in [2.45, 2.75) is 19.6 Å². The molecule has 0 aromatic heterocycles. The summed E-state index contributed by atoms with van der Waals surface area (Å²) in [5.41, 5.74) is 1.18. The van der Waals surface area contributed by atoms with Crippen molar-refractivity contribution in [2.24, 2.45) is 0 Å². The summed E-state index contributed by atoms with van der Waals surface area (Å²) in [6, 6.07) is 13.2. The molecule has 0 spiro atoms. The van der Waals surface area contributed by atoms with Gasteiger partial charge in [-0.15, -0.1) is 0 Å². The molecule has 2 heterocycles. The predicted molar refractivity (Wildman–Crippen MR) is 106 cm³/mol. The highest BCUT2D eigenvalue weighted by atomic mass is 35.5. The number of fused-ring (bicyclic) bond motifs is 1. The van der Waals surface area contributed by atoms with E-state index in [4.69, 9.17) is 25.8 Å². The number of hydrogen-bond donors (Lipinski definition) is 0. The van der Waals surface area contributed by atoms with E-state index in [1.54, 1.807) is 19.1 Å². The Balaban J connectivity index is 1.28.